The van der Waals surface area contributed by atoms with Crippen LogP contribution in [0.2, 0.25) is 0 Å². The van der Waals surface area contributed by atoms with E-state index < -0.39 is 28.3 Å². The van der Waals surface area contributed by atoms with E-state index in [9.17, 15) is 29.1 Å². The van der Waals surface area contributed by atoms with Crippen LogP contribution < -0.4 is 5.73 Å². The van der Waals surface area contributed by atoms with Gasteiger partial charge in [-0.1, -0.05) is 48.5 Å². The Morgan fingerprint density at radius 3 is 2.17 bits per heavy atom. The number of amides is 1. The Balaban J connectivity index is 1.31. The van der Waals surface area contributed by atoms with E-state index in [1.54, 1.807) is 18.7 Å². The number of nitrogens with two attached hydrogens (primary N) is 1. The lowest BCUT2D eigenvalue weighted by atomic mass is 9.31. The van der Waals surface area contributed by atoms with E-state index in [4.69, 9.17) is 10.5 Å². The van der Waals surface area contributed by atoms with Crippen LogP contribution in [0.15, 0.2) is 11.1 Å². The first-order valence-corrected chi connectivity index (χ1v) is 20.0. The first kappa shape index (κ1) is 39.1. The number of carboxylic acid groups (broad SMARTS) is 1. The smallest absolute Gasteiger partial charge is 0.309 e. The Kier molecular flexibility index (Phi) is 9.58. The number of allylic oxidation sites excluding steroid dienone is 1. The topological polar surface area (TPSA) is 147 Å². The molecular formula is C42H65N3O7. The molecule has 5 fully saturated rings. The molecule has 290 valence electrons. The fourth-order valence-corrected chi connectivity index (χ4v) is 13.3. The molecular weight excluding hydrogens is 658 g/mol. The highest BCUT2D eigenvalue weighted by molar-refractivity contribution is 6.08. The summed E-state index contributed by atoms with van der Waals surface area (Å²) in [6.07, 6.45) is 7.25. The Morgan fingerprint density at radius 1 is 0.942 bits per heavy atom. The SMILES string of the molecule is CC(C)C1=C2[C@@](C(=O)CN3CCN(C=O)CC3)(CC[C@@]3(C)C4(C)CC[C@H]5C(C)(C)[C@@H](OC(=O)CC(C)(C)C(=O)O)CC[C@]5(C)C4CC[C@]23N)CC1=O. The molecule has 10 nitrogen and oxygen atoms in total. The third kappa shape index (κ3) is 5.49. The van der Waals surface area contributed by atoms with Crippen LogP contribution in [0, 0.1) is 50.2 Å². The number of ketones is 2. The van der Waals surface area contributed by atoms with Crippen LogP contribution >= 0.6 is 0 Å². The van der Waals surface area contributed by atoms with Crippen molar-refractivity contribution >= 4 is 29.9 Å². The van der Waals surface area contributed by atoms with Crippen molar-refractivity contribution in [2.75, 3.05) is 32.7 Å². The first-order chi connectivity index (χ1) is 24.0. The zero-order valence-corrected chi connectivity index (χ0v) is 33.4. The molecule has 0 radical (unpaired) electrons. The first-order valence-electron chi connectivity index (χ1n) is 20.0. The van der Waals surface area contributed by atoms with Crippen molar-refractivity contribution in [3.8, 4) is 0 Å². The molecule has 1 heterocycles. The molecule has 4 saturated carbocycles. The molecule has 1 amide bonds. The molecule has 1 saturated heterocycles. The number of ether oxygens (including phenoxy) is 1. The lowest BCUT2D eigenvalue weighted by molar-refractivity contribution is -0.236. The maximum Gasteiger partial charge on any atom is 0.309 e. The van der Waals surface area contributed by atoms with Crippen LogP contribution in [-0.2, 0) is 28.7 Å². The molecule has 6 rings (SSSR count). The molecule has 1 aliphatic heterocycles. The predicted molar refractivity (Wildman–Crippen MR) is 198 cm³/mol. The Bertz CT molecular complexity index is 1560. The minimum Gasteiger partial charge on any atom is -0.481 e. The fraction of sp³-hybridized carbons (Fsp3) is 0.833. The largest absolute Gasteiger partial charge is 0.481 e. The monoisotopic (exact) mass is 723 g/mol. The number of nitrogens with zero attached hydrogens (tertiary/aromatic N) is 2. The van der Waals surface area contributed by atoms with Crippen molar-refractivity contribution in [1.82, 2.24) is 9.80 Å². The Labute approximate surface area is 311 Å². The number of fused-ring (bicyclic) bond motifs is 7. The number of hydrogen-bond donors (Lipinski definition) is 2. The summed E-state index contributed by atoms with van der Waals surface area (Å²) in [5, 5.41) is 9.61. The van der Waals surface area contributed by atoms with Gasteiger partial charge < -0.3 is 20.5 Å². The zero-order valence-electron chi connectivity index (χ0n) is 33.4. The summed E-state index contributed by atoms with van der Waals surface area (Å²) >= 11 is 0. The molecule has 52 heavy (non-hydrogen) atoms. The standard InChI is InChI=1S/C42H65N3O7/c1-26(2)33-27(47)22-41(30(48)24-44-18-20-45(25-46)21-19-44)17-16-40(9)39(8)14-10-28-37(5,6)31(52-32(49)23-36(3,4)35(50)51)12-13-38(28,7)29(39)11-15-42(40,43)34(33)41/h25-26,28-29,31H,10-24,43H2,1-9H3,(H,50,51)/t28-,29?,31-,38-,39?,40-,41-,42-/m0/s1. The van der Waals surface area contributed by atoms with Crippen molar-refractivity contribution in [2.24, 2.45) is 56.0 Å². The van der Waals surface area contributed by atoms with Gasteiger partial charge in [0.2, 0.25) is 6.41 Å². The van der Waals surface area contributed by atoms with E-state index in [1.807, 2.05) is 0 Å². The van der Waals surface area contributed by atoms with Crippen LogP contribution in [0.1, 0.15) is 127 Å². The summed E-state index contributed by atoms with van der Waals surface area (Å²) in [6, 6.07) is 0. The molecule has 0 aromatic rings. The van der Waals surface area contributed by atoms with E-state index in [1.165, 1.54) is 0 Å². The number of rotatable bonds is 9. The summed E-state index contributed by atoms with van der Waals surface area (Å²) in [7, 11) is 0. The van der Waals surface area contributed by atoms with E-state index in [0.717, 1.165) is 62.5 Å². The molecule has 8 atom stereocenters. The van der Waals surface area contributed by atoms with Crippen LogP contribution in [0.3, 0.4) is 0 Å². The van der Waals surface area contributed by atoms with E-state index in [-0.39, 0.29) is 64.6 Å². The second kappa shape index (κ2) is 12.7. The maximum atomic E-state index is 14.7. The molecule has 10 heteroatoms. The van der Waals surface area contributed by atoms with Crippen LogP contribution in [0.4, 0.5) is 0 Å². The van der Waals surface area contributed by atoms with Crippen molar-refractivity contribution in [1.29, 1.82) is 0 Å². The predicted octanol–water partition coefficient (Wildman–Crippen LogP) is 5.80. The molecule has 6 aliphatic rings. The normalized spacial score (nSPS) is 40.4. The fourth-order valence-electron chi connectivity index (χ4n) is 13.3. The number of carboxylic acids is 1. The van der Waals surface area contributed by atoms with Gasteiger partial charge in [-0.25, -0.2) is 0 Å². The minimum absolute atomic E-state index is 0.0289. The maximum absolute atomic E-state index is 14.7. The Hall–Kier alpha value is -2.59. The third-order valence-corrected chi connectivity index (χ3v) is 16.5. The Morgan fingerprint density at radius 2 is 1.58 bits per heavy atom. The summed E-state index contributed by atoms with van der Waals surface area (Å²) in [5.41, 5.74) is 6.03. The highest BCUT2D eigenvalue weighted by Crippen LogP contribution is 2.77. The van der Waals surface area contributed by atoms with E-state index in [2.05, 4.69) is 53.4 Å². The average molecular weight is 724 g/mol. The number of carbonyl (C=O) groups excluding carboxylic acids is 4. The summed E-state index contributed by atoms with van der Waals surface area (Å²) in [4.78, 5) is 68.9. The van der Waals surface area contributed by atoms with Gasteiger partial charge in [0.1, 0.15) is 6.10 Å². The number of aliphatic carboxylic acids is 1. The quantitative estimate of drug-likeness (QED) is 0.222. The van der Waals surface area contributed by atoms with Crippen molar-refractivity contribution in [3.63, 3.8) is 0 Å². The van der Waals surface area contributed by atoms with Crippen molar-refractivity contribution in [2.45, 2.75) is 138 Å². The molecule has 5 aliphatic carbocycles. The van der Waals surface area contributed by atoms with Crippen molar-refractivity contribution < 1.29 is 33.8 Å². The van der Waals surface area contributed by atoms with Gasteiger partial charge >= 0.3 is 11.9 Å². The second-order valence-corrected chi connectivity index (χ2v) is 20.1. The van der Waals surface area contributed by atoms with Gasteiger partial charge in [-0.3, -0.25) is 28.9 Å². The van der Waals surface area contributed by atoms with Crippen LogP contribution in [0.25, 0.3) is 0 Å². The van der Waals surface area contributed by atoms with Gasteiger partial charge in [0, 0.05) is 43.6 Å². The lowest BCUT2D eigenvalue weighted by Gasteiger charge is -2.74. The van der Waals surface area contributed by atoms with Gasteiger partial charge in [0.15, 0.2) is 11.6 Å². The van der Waals surface area contributed by atoms with Gasteiger partial charge in [0.25, 0.3) is 0 Å². The van der Waals surface area contributed by atoms with Gasteiger partial charge in [-0.2, -0.15) is 0 Å². The molecule has 0 bridgehead atoms. The number of hydrogen-bond acceptors (Lipinski definition) is 8. The molecule has 2 unspecified atom stereocenters. The average Bonchev–Trinajstić information content (AvgIpc) is 3.38. The van der Waals surface area contributed by atoms with Crippen LogP contribution in [-0.4, -0.2) is 89.2 Å². The number of piperazine rings is 1. The molecule has 0 aromatic carbocycles. The highest BCUT2D eigenvalue weighted by atomic mass is 16.5. The number of esters is 1. The number of carbonyl (C=O) groups is 5. The second-order valence-electron chi connectivity index (χ2n) is 20.1. The minimum atomic E-state index is -1.19. The van der Waals surface area contributed by atoms with Crippen LogP contribution in [0.5, 0.6) is 0 Å². The van der Waals surface area contributed by atoms with Crippen molar-refractivity contribution in [3.05, 3.63) is 11.1 Å². The van der Waals surface area contributed by atoms with E-state index in [0.29, 0.717) is 44.4 Å². The molecule has 3 N–H and O–H groups in total. The van der Waals surface area contributed by atoms with E-state index >= 15 is 0 Å². The lowest BCUT2D eigenvalue weighted by Crippen LogP contribution is -2.74. The third-order valence-electron chi connectivity index (χ3n) is 16.5. The summed E-state index contributed by atoms with van der Waals surface area (Å²) in [5.74, 6) is -0.630. The zero-order chi connectivity index (χ0) is 38.4. The molecule has 0 aromatic heterocycles. The molecule has 0 spiro atoms. The highest BCUT2D eigenvalue weighted by Gasteiger charge is 2.74. The van der Waals surface area contributed by atoms with Gasteiger partial charge in [-0.15, -0.1) is 0 Å². The van der Waals surface area contributed by atoms with Gasteiger partial charge in [0.05, 0.1) is 23.8 Å². The summed E-state index contributed by atoms with van der Waals surface area (Å²) in [6.45, 7) is 21.8. The summed E-state index contributed by atoms with van der Waals surface area (Å²) < 4.78 is 6.15. The van der Waals surface area contributed by atoms with Gasteiger partial charge in [-0.05, 0) is 110 Å². The number of Topliss-reactive ketones (excluding diaryl/α,β-unsaturated/α-hetero) is 2.